The van der Waals surface area contributed by atoms with Gasteiger partial charge in [-0.2, -0.15) is 0 Å². The molecule has 0 unspecified atom stereocenters. The fraction of sp³-hybridized carbons (Fsp3) is 0.652. The molecule has 0 fully saturated rings. The number of carbonyl (C=O) groups is 1. The zero-order valence-corrected chi connectivity index (χ0v) is 17.4. The van der Waals surface area contributed by atoms with Crippen LogP contribution in [0.2, 0.25) is 0 Å². The van der Waals surface area contributed by atoms with Crippen LogP contribution in [-0.2, 0) is 0 Å². The second-order valence-electron chi connectivity index (χ2n) is 7.01. The smallest absolute Gasteiger partial charge is 0.392 e. The molecule has 0 amide bonds. The van der Waals surface area contributed by atoms with E-state index >= 15 is 0 Å². The summed E-state index contributed by atoms with van der Waals surface area (Å²) in [4.78, 5) is 11.9. The highest BCUT2D eigenvalue weighted by Crippen LogP contribution is 2.09. The Bertz CT molecular complexity index is 459. The SMILES string of the molecule is CCCCCCCCC=CCCCCCCCC(=O)[n+]1ccccc1.[Cl-]. The van der Waals surface area contributed by atoms with Gasteiger partial charge in [-0.15, -0.1) is 4.57 Å². The van der Waals surface area contributed by atoms with Gasteiger partial charge in [0, 0.05) is 12.1 Å². The van der Waals surface area contributed by atoms with Crippen LogP contribution in [0.1, 0.15) is 102 Å². The molecule has 0 bridgehead atoms. The van der Waals surface area contributed by atoms with Crippen LogP contribution >= 0.6 is 0 Å². The van der Waals surface area contributed by atoms with Gasteiger partial charge in [0.05, 0.1) is 6.42 Å². The molecule has 1 aromatic rings. The van der Waals surface area contributed by atoms with Gasteiger partial charge >= 0.3 is 5.91 Å². The summed E-state index contributed by atoms with van der Waals surface area (Å²) in [7, 11) is 0. The normalized spacial score (nSPS) is 10.8. The summed E-state index contributed by atoms with van der Waals surface area (Å²) in [5.41, 5.74) is 0. The third-order valence-corrected chi connectivity index (χ3v) is 4.66. The summed E-state index contributed by atoms with van der Waals surface area (Å²) >= 11 is 0. The maximum Gasteiger partial charge on any atom is 0.392 e. The van der Waals surface area contributed by atoms with Gasteiger partial charge in [-0.3, -0.25) is 0 Å². The molecule has 0 aliphatic heterocycles. The van der Waals surface area contributed by atoms with Gasteiger partial charge < -0.3 is 12.4 Å². The minimum atomic E-state index is 0. The number of nitrogens with zero attached hydrogens (tertiary/aromatic N) is 1. The molecule has 0 N–H and O–H groups in total. The molecule has 148 valence electrons. The molecule has 1 rings (SSSR count). The number of allylic oxidation sites excluding steroid dienone is 2. The van der Waals surface area contributed by atoms with E-state index in [9.17, 15) is 4.79 Å². The Morgan fingerprint density at radius 1 is 0.731 bits per heavy atom. The van der Waals surface area contributed by atoms with Gasteiger partial charge in [0.2, 0.25) is 0 Å². The molecule has 0 atom stereocenters. The first-order valence-corrected chi connectivity index (χ1v) is 10.5. The van der Waals surface area contributed by atoms with Crippen molar-refractivity contribution in [3.63, 3.8) is 0 Å². The third-order valence-electron chi connectivity index (χ3n) is 4.66. The van der Waals surface area contributed by atoms with E-state index in [4.69, 9.17) is 0 Å². The Balaban J connectivity index is 0.00000625. The van der Waals surface area contributed by atoms with Crippen molar-refractivity contribution in [1.29, 1.82) is 0 Å². The predicted molar refractivity (Wildman–Crippen MR) is 107 cm³/mol. The van der Waals surface area contributed by atoms with Gasteiger partial charge in [0.1, 0.15) is 0 Å². The Kier molecular flexibility index (Phi) is 17.8. The van der Waals surface area contributed by atoms with Crippen molar-refractivity contribution in [2.75, 3.05) is 0 Å². The van der Waals surface area contributed by atoms with Crippen molar-refractivity contribution >= 4 is 5.91 Å². The van der Waals surface area contributed by atoms with E-state index in [-0.39, 0.29) is 18.3 Å². The van der Waals surface area contributed by atoms with E-state index in [1.165, 1.54) is 77.0 Å². The van der Waals surface area contributed by atoms with Crippen molar-refractivity contribution in [2.45, 2.75) is 96.8 Å². The topological polar surface area (TPSA) is 20.9 Å². The van der Waals surface area contributed by atoms with Crippen molar-refractivity contribution in [3.05, 3.63) is 42.7 Å². The minimum Gasteiger partial charge on any atom is -1.00 e. The molecule has 3 heteroatoms. The van der Waals surface area contributed by atoms with E-state index in [1.807, 2.05) is 30.6 Å². The number of halogens is 1. The number of aromatic nitrogens is 1. The summed E-state index contributed by atoms with van der Waals surface area (Å²) in [6, 6.07) is 5.74. The van der Waals surface area contributed by atoms with Crippen molar-refractivity contribution in [1.82, 2.24) is 0 Å². The number of pyridine rings is 1. The quantitative estimate of drug-likeness (QED) is 0.259. The Morgan fingerprint density at radius 2 is 1.23 bits per heavy atom. The Morgan fingerprint density at radius 3 is 1.81 bits per heavy atom. The zero-order chi connectivity index (χ0) is 18.0. The molecule has 0 aliphatic carbocycles. The highest BCUT2D eigenvalue weighted by molar-refractivity contribution is 5.66. The molecule has 1 aromatic heterocycles. The fourth-order valence-electron chi connectivity index (χ4n) is 3.04. The number of hydrogen-bond acceptors (Lipinski definition) is 1. The van der Waals surface area contributed by atoms with Crippen molar-refractivity contribution < 1.29 is 21.8 Å². The minimum absolute atomic E-state index is 0. The molecule has 0 saturated carbocycles. The maximum atomic E-state index is 11.9. The Hall–Kier alpha value is -1.15. The standard InChI is InChI=1S/C23H38NO.ClH/c1-2-3-4-5-6-7-8-9-10-11-12-13-14-15-17-20-23(25)24-21-18-16-19-22-24;/h9-10,16,18-19,21-22H,2-8,11-15,17,20H2,1H3;1H/q+1;/p-1. The number of rotatable bonds is 15. The second kappa shape index (κ2) is 18.6. The molecule has 0 spiro atoms. The van der Waals surface area contributed by atoms with Gasteiger partial charge in [-0.05, 0) is 32.1 Å². The van der Waals surface area contributed by atoms with Crippen LogP contribution in [0.4, 0.5) is 0 Å². The van der Waals surface area contributed by atoms with Crippen molar-refractivity contribution in [3.8, 4) is 0 Å². The lowest BCUT2D eigenvalue weighted by Crippen LogP contribution is -3.00. The molecule has 0 radical (unpaired) electrons. The lowest BCUT2D eigenvalue weighted by molar-refractivity contribution is -0.574. The summed E-state index contributed by atoms with van der Waals surface area (Å²) in [5, 5.41) is 0. The Labute approximate surface area is 167 Å². The van der Waals surface area contributed by atoms with E-state index in [2.05, 4.69) is 19.1 Å². The third kappa shape index (κ3) is 14.1. The summed E-state index contributed by atoms with van der Waals surface area (Å²) in [5.74, 6) is 0.207. The first-order valence-electron chi connectivity index (χ1n) is 10.5. The number of carbonyl (C=O) groups excluding carboxylic acids is 1. The average molecular weight is 380 g/mol. The molecule has 26 heavy (non-hydrogen) atoms. The van der Waals surface area contributed by atoms with Crippen LogP contribution in [-0.4, -0.2) is 5.91 Å². The van der Waals surface area contributed by atoms with Gasteiger partial charge in [-0.1, -0.05) is 76.5 Å². The van der Waals surface area contributed by atoms with E-state index in [0.717, 1.165) is 6.42 Å². The zero-order valence-electron chi connectivity index (χ0n) is 16.7. The molecular formula is C23H38ClNO. The molecule has 0 aromatic carbocycles. The molecular weight excluding hydrogens is 342 g/mol. The molecule has 2 nitrogen and oxygen atoms in total. The van der Waals surface area contributed by atoms with Crippen LogP contribution in [0.25, 0.3) is 0 Å². The average Bonchev–Trinajstić information content (AvgIpc) is 2.65. The fourth-order valence-corrected chi connectivity index (χ4v) is 3.04. The first kappa shape index (κ1) is 24.8. The number of hydrogen-bond donors (Lipinski definition) is 0. The largest absolute Gasteiger partial charge is 1.00 e. The molecule has 0 saturated heterocycles. The van der Waals surface area contributed by atoms with Gasteiger partial charge in [-0.25, -0.2) is 4.79 Å². The van der Waals surface area contributed by atoms with E-state index in [0.29, 0.717) is 6.42 Å². The van der Waals surface area contributed by atoms with Crippen LogP contribution in [0.5, 0.6) is 0 Å². The predicted octanol–water partition coefficient (Wildman–Crippen LogP) is 3.66. The maximum absolute atomic E-state index is 11.9. The highest BCUT2D eigenvalue weighted by Gasteiger charge is 2.11. The molecule has 1 heterocycles. The van der Waals surface area contributed by atoms with Crippen molar-refractivity contribution in [2.24, 2.45) is 0 Å². The summed E-state index contributed by atoms with van der Waals surface area (Å²) in [6.45, 7) is 2.27. The van der Waals surface area contributed by atoms with Crippen LogP contribution < -0.4 is 17.0 Å². The lowest BCUT2D eigenvalue weighted by Gasteiger charge is -1.99. The van der Waals surface area contributed by atoms with Gasteiger partial charge in [0.15, 0.2) is 12.4 Å². The summed E-state index contributed by atoms with van der Waals surface area (Å²) in [6.07, 6.45) is 25.8. The van der Waals surface area contributed by atoms with Gasteiger partial charge in [0.25, 0.3) is 0 Å². The second-order valence-corrected chi connectivity index (χ2v) is 7.01. The lowest BCUT2D eigenvalue weighted by atomic mass is 10.1. The number of unbranched alkanes of at least 4 members (excludes halogenated alkanes) is 11. The van der Waals surface area contributed by atoms with Crippen LogP contribution in [0.15, 0.2) is 42.7 Å². The molecule has 0 aliphatic rings. The van der Waals surface area contributed by atoms with Crippen LogP contribution in [0, 0.1) is 0 Å². The first-order chi connectivity index (χ1) is 12.3. The van der Waals surface area contributed by atoms with E-state index in [1.54, 1.807) is 4.57 Å². The highest BCUT2D eigenvalue weighted by atomic mass is 35.5. The van der Waals surface area contributed by atoms with E-state index < -0.39 is 0 Å². The monoisotopic (exact) mass is 379 g/mol. The summed E-state index contributed by atoms with van der Waals surface area (Å²) < 4.78 is 1.69. The van der Waals surface area contributed by atoms with Crippen LogP contribution in [0.3, 0.4) is 0 Å².